The number of likely N-dealkylation sites (tertiary alicyclic amines) is 1. The second-order valence-corrected chi connectivity index (χ2v) is 6.68. The zero-order valence-electron chi connectivity index (χ0n) is 13.2. The zero-order chi connectivity index (χ0) is 14.5. The average Bonchev–Trinajstić information content (AvgIpc) is 2.48. The van der Waals surface area contributed by atoms with Gasteiger partial charge in [0.05, 0.1) is 5.60 Å². The average molecular weight is 288 g/mol. The van der Waals surface area contributed by atoms with Crippen molar-refractivity contribution in [2.24, 2.45) is 0 Å². The summed E-state index contributed by atoms with van der Waals surface area (Å²) < 4.78 is 5.71. The summed E-state index contributed by atoms with van der Waals surface area (Å²) in [4.78, 5) is 2.58. The van der Waals surface area contributed by atoms with Crippen LogP contribution in [0.5, 0.6) is 0 Å². The quantitative estimate of drug-likeness (QED) is 0.871. The Morgan fingerprint density at radius 1 is 1.24 bits per heavy atom. The lowest BCUT2D eigenvalue weighted by Crippen LogP contribution is -2.53. The molecule has 1 heterocycles. The maximum atomic E-state index is 5.71. The normalized spacial score (nSPS) is 25.5. The molecular weight excluding hydrogens is 260 g/mol. The van der Waals surface area contributed by atoms with E-state index in [4.69, 9.17) is 4.74 Å². The molecule has 116 valence electrons. The Morgan fingerprint density at radius 2 is 2.05 bits per heavy atom. The SMILES string of the molecule is COC1(CNC2CCCN(Cc3ccccc3)C2)CCC1. The molecule has 0 aromatic heterocycles. The van der Waals surface area contributed by atoms with Crippen LogP contribution in [0.2, 0.25) is 0 Å². The highest BCUT2D eigenvalue weighted by atomic mass is 16.5. The van der Waals surface area contributed by atoms with Crippen LogP contribution in [-0.2, 0) is 11.3 Å². The molecule has 2 fully saturated rings. The topological polar surface area (TPSA) is 24.5 Å². The fourth-order valence-electron chi connectivity index (χ4n) is 3.56. The van der Waals surface area contributed by atoms with Gasteiger partial charge in [0.15, 0.2) is 0 Å². The van der Waals surface area contributed by atoms with Crippen molar-refractivity contribution >= 4 is 0 Å². The Balaban J connectivity index is 1.47. The zero-order valence-corrected chi connectivity index (χ0v) is 13.2. The number of benzene rings is 1. The van der Waals surface area contributed by atoms with Crippen molar-refractivity contribution in [2.45, 2.75) is 50.3 Å². The predicted molar refractivity (Wildman–Crippen MR) is 86.3 cm³/mol. The van der Waals surface area contributed by atoms with E-state index in [9.17, 15) is 0 Å². The summed E-state index contributed by atoms with van der Waals surface area (Å²) in [5, 5.41) is 3.76. The minimum Gasteiger partial charge on any atom is -0.377 e. The molecule has 21 heavy (non-hydrogen) atoms. The molecule has 1 atom stereocenters. The van der Waals surface area contributed by atoms with Gasteiger partial charge < -0.3 is 10.1 Å². The first-order valence-corrected chi connectivity index (χ1v) is 8.34. The molecule has 1 saturated carbocycles. The standard InChI is InChI=1S/C18H28N2O/c1-21-18(10-6-11-18)15-19-17-9-5-12-20(14-17)13-16-7-3-2-4-8-16/h2-4,7-8,17,19H,5-6,9-15H2,1H3. The van der Waals surface area contributed by atoms with E-state index in [2.05, 4.69) is 40.5 Å². The van der Waals surface area contributed by atoms with Crippen molar-refractivity contribution in [2.75, 3.05) is 26.7 Å². The molecule has 1 saturated heterocycles. The molecule has 2 aliphatic rings. The van der Waals surface area contributed by atoms with Crippen LogP contribution in [0.4, 0.5) is 0 Å². The lowest BCUT2D eigenvalue weighted by atomic mass is 9.79. The van der Waals surface area contributed by atoms with Gasteiger partial charge in [0.1, 0.15) is 0 Å². The maximum Gasteiger partial charge on any atom is 0.0802 e. The number of piperidine rings is 1. The summed E-state index contributed by atoms with van der Waals surface area (Å²) >= 11 is 0. The molecule has 0 amide bonds. The Hall–Kier alpha value is -0.900. The predicted octanol–water partition coefficient (Wildman–Crippen LogP) is 2.81. The number of methoxy groups -OCH3 is 1. The van der Waals surface area contributed by atoms with Crippen LogP contribution in [0, 0.1) is 0 Å². The second kappa shape index (κ2) is 6.91. The lowest BCUT2D eigenvalue weighted by Gasteiger charge is -2.42. The van der Waals surface area contributed by atoms with Crippen molar-refractivity contribution in [1.29, 1.82) is 0 Å². The van der Waals surface area contributed by atoms with Gasteiger partial charge in [0, 0.05) is 32.8 Å². The molecule has 1 unspecified atom stereocenters. The summed E-state index contributed by atoms with van der Waals surface area (Å²) in [6, 6.07) is 11.4. The smallest absolute Gasteiger partial charge is 0.0802 e. The van der Waals surface area contributed by atoms with E-state index in [1.54, 1.807) is 0 Å². The largest absolute Gasteiger partial charge is 0.377 e. The molecule has 0 spiro atoms. The van der Waals surface area contributed by atoms with Crippen molar-refractivity contribution in [3.8, 4) is 0 Å². The maximum absolute atomic E-state index is 5.71. The Bertz CT molecular complexity index is 425. The molecule has 1 aromatic carbocycles. The van der Waals surface area contributed by atoms with Crippen molar-refractivity contribution < 1.29 is 4.74 Å². The Labute approximate surface area is 128 Å². The molecule has 1 aliphatic carbocycles. The molecule has 3 rings (SSSR count). The summed E-state index contributed by atoms with van der Waals surface area (Å²) in [6.07, 6.45) is 6.35. The number of nitrogens with one attached hydrogen (secondary N) is 1. The Kier molecular flexibility index (Phi) is 4.94. The highest BCUT2D eigenvalue weighted by Gasteiger charge is 2.37. The highest BCUT2D eigenvalue weighted by molar-refractivity contribution is 5.14. The molecule has 3 nitrogen and oxygen atoms in total. The summed E-state index contributed by atoms with van der Waals surface area (Å²) in [7, 11) is 1.86. The first-order valence-electron chi connectivity index (χ1n) is 8.34. The van der Waals surface area contributed by atoms with E-state index in [0.29, 0.717) is 6.04 Å². The van der Waals surface area contributed by atoms with Crippen LogP contribution < -0.4 is 5.32 Å². The molecule has 3 heteroatoms. The number of ether oxygens (including phenoxy) is 1. The van der Waals surface area contributed by atoms with Crippen molar-refractivity contribution in [3.63, 3.8) is 0 Å². The monoisotopic (exact) mass is 288 g/mol. The van der Waals surface area contributed by atoms with Crippen LogP contribution in [-0.4, -0.2) is 43.3 Å². The van der Waals surface area contributed by atoms with Crippen molar-refractivity contribution in [1.82, 2.24) is 10.2 Å². The summed E-state index contributed by atoms with van der Waals surface area (Å²) in [5.41, 5.74) is 1.56. The van der Waals surface area contributed by atoms with Gasteiger partial charge in [-0.05, 0) is 44.2 Å². The van der Waals surface area contributed by atoms with Gasteiger partial charge in [0.2, 0.25) is 0 Å². The lowest BCUT2D eigenvalue weighted by molar-refractivity contribution is -0.0719. The van der Waals surface area contributed by atoms with Crippen LogP contribution >= 0.6 is 0 Å². The number of nitrogens with zero attached hydrogens (tertiary/aromatic N) is 1. The van der Waals surface area contributed by atoms with Gasteiger partial charge in [-0.25, -0.2) is 0 Å². The number of hydrogen-bond acceptors (Lipinski definition) is 3. The van der Waals surface area contributed by atoms with Gasteiger partial charge >= 0.3 is 0 Å². The third kappa shape index (κ3) is 3.85. The van der Waals surface area contributed by atoms with E-state index in [-0.39, 0.29) is 5.60 Å². The van der Waals surface area contributed by atoms with E-state index < -0.39 is 0 Å². The van der Waals surface area contributed by atoms with Gasteiger partial charge in [-0.3, -0.25) is 4.90 Å². The first kappa shape index (κ1) is 15.0. The van der Waals surface area contributed by atoms with E-state index >= 15 is 0 Å². The highest BCUT2D eigenvalue weighted by Crippen LogP contribution is 2.34. The minimum absolute atomic E-state index is 0.141. The minimum atomic E-state index is 0.141. The molecule has 0 radical (unpaired) electrons. The first-order chi connectivity index (χ1) is 10.3. The molecule has 1 N–H and O–H groups in total. The van der Waals surface area contributed by atoms with Gasteiger partial charge in [-0.15, -0.1) is 0 Å². The molecular formula is C18H28N2O. The molecule has 1 aromatic rings. The third-order valence-corrected chi connectivity index (χ3v) is 5.17. The van der Waals surface area contributed by atoms with Crippen molar-refractivity contribution in [3.05, 3.63) is 35.9 Å². The van der Waals surface area contributed by atoms with Crippen LogP contribution in [0.15, 0.2) is 30.3 Å². The van der Waals surface area contributed by atoms with Gasteiger partial charge in [-0.1, -0.05) is 30.3 Å². The Morgan fingerprint density at radius 3 is 2.71 bits per heavy atom. The van der Waals surface area contributed by atoms with Crippen LogP contribution in [0.3, 0.4) is 0 Å². The number of rotatable bonds is 6. The third-order valence-electron chi connectivity index (χ3n) is 5.17. The second-order valence-electron chi connectivity index (χ2n) is 6.68. The number of hydrogen-bond donors (Lipinski definition) is 1. The van der Waals surface area contributed by atoms with E-state index in [0.717, 1.165) is 19.6 Å². The fraction of sp³-hybridized carbons (Fsp3) is 0.667. The summed E-state index contributed by atoms with van der Waals surface area (Å²) in [5.74, 6) is 0. The summed E-state index contributed by atoms with van der Waals surface area (Å²) in [6.45, 7) is 4.49. The van der Waals surface area contributed by atoms with Gasteiger partial charge in [-0.2, -0.15) is 0 Å². The van der Waals surface area contributed by atoms with E-state index in [1.165, 1.54) is 44.2 Å². The van der Waals surface area contributed by atoms with E-state index in [1.807, 2.05) is 7.11 Å². The van der Waals surface area contributed by atoms with Crippen LogP contribution in [0.25, 0.3) is 0 Å². The fourth-order valence-corrected chi connectivity index (χ4v) is 3.56. The van der Waals surface area contributed by atoms with Gasteiger partial charge in [0.25, 0.3) is 0 Å². The molecule has 0 bridgehead atoms. The van der Waals surface area contributed by atoms with Crippen LogP contribution in [0.1, 0.15) is 37.7 Å². The molecule has 1 aliphatic heterocycles.